The highest BCUT2D eigenvalue weighted by Gasteiger charge is 2.36. The van der Waals surface area contributed by atoms with Crippen LogP contribution in [0.15, 0.2) is 16.9 Å². The molecule has 1 aliphatic carbocycles. The van der Waals surface area contributed by atoms with Crippen LogP contribution in [-0.4, -0.2) is 27.7 Å². The number of halogens is 1. The number of hydrogen-bond acceptors (Lipinski definition) is 6. The van der Waals surface area contributed by atoms with E-state index in [-0.39, 0.29) is 29.6 Å². The lowest BCUT2D eigenvalue weighted by molar-refractivity contribution is -0.129. The molecule has 2 N–H and O–H groups in total. The Kier molecular flexibility index (Phi) is 5.76. The summed E-state index contributed by atoms with van der Waals surface area (Å²) >= 11 is 0. The summed E-state index contributed by atoms with van der Waals surface area (Å²) in [6.45, 7) is 8.52. The third-order valence-corrected chi connectivity index (χ3v) is 7.75. The van der Waals surface area contributed by atoms with Crippen molar-refractivity contribution in [2.75, 3.05) is 6.54 Å². The quantitative estimate of drug-likeness (QED) is 0.392. The molecule has 0 spiro atoms. The summed E-state index contributed by atoms with van der Waals surface area (Å²) in [5.41, 5.74) is 4.52. The first-order chi connectivity index (χ1) is 16.7. The zero-order chi connectivity index (χ0) is 25.1. The standard InChI is InChI=1S/C27H30FN3O4/c1-5-27(4,34)18-9-22-25-16(11-31(22)26(33)17(18)12-35-13-32)24-20(29-6-2)8-7-15-14(3)19(28)10-21(30-25)23(15)24/h9-10,13,20,29,34H,5-8,11-12H2,1-4H3. The van der Waals surface area contributed by atoms with Gasteiger partial charge in [-0.05, 0) is 68.0 Å². The van der Waals surface area contributed by atoms with Gasteiger partial charge in [0, 0.05) is 23.1 Å². The highest BCUT2D eigenvalue weighted by molar-refractivity contribution is 5.92. The van der Waals surface area contributed by atoms with E-state index in [9.17, 15) is 19.1 Å². The molecule has 7 nitrogen and oxygen atoms in total. The number of carbonyl (C=O) groups is 1. The van der Waals surface area contributed by atoms with E-state index in [1.807, 2.05) is 13.8 Å². The number of nitrogens with one attached hydrogen (secondary N) is 1. The van der Waals surface area contributed by atoms with Crippen molar-refractivity contribution in [3.8, 4) is 11.4 Å². The van der Waals surface area contributed by atoms with Crippen LogP contribution in [0.3, 0.4) is 0 Å². The molecule has 8 heteroatoms. The van der Waals surface area contributed by atoms with Gasteiger partial charge in [0.05, 0.1) is 34.6 Å². The van der Waals surface area contributed by atoms with Crippen molar-refractivity contribution in [3.63, 3.8) is 0 Å². The van der Waals surface area contributed by atoms with Gasteiger partial charge in [0.1, 0.15) is 12.4 Å². The molecule has 3 heterocycles. The molecule has 35 heavy (non-hydrogen) atoms. The summed E-state index contributed by atoms with van der Waals surface area (Å²) in [6.07, 6.45) is 1.95. The number of aryl methyl sites for hydroxylation is 1. The van der Waals surface area contributed by atoms with Crippen molar-refractivity contribution in [3.05, 3.63) is 61.7 Å². The van der Waals surface area contributed by atoms with Crippen molar-refractivity contribution >= 4 is 17.4 Å². The average molecular weight is 480 g/mol. The fourth-order valence-corrected chi connectivity index (χ4v) is 5.72. The molecule has 0 radical (unpaired) electrons. The zero-order valence-electron chi connectivity index (χ0n) is 20.5. The number of carbonyl (C=O) groups excluding carboxylic acids is 1. The maximum absolute atomic E-state index is 14.9. The summed E-state index contributed by atoms with van der Waals surface area (Å²) in [5, 5.41) is 15.6. The molecule has 0 amide bonds. The van der Waals surface area contributed by atoms with Gasteiger partial charge in [-0.3, -0.25) is 9.59 Å². The lowest BCUT2D eigenvalue weighted by Gasteiger charge is -2.29. The second kappa shape index (κ2) is 8.53. The molecule has 0 saturated carbocycles. The number of benzene rings is 1. The summed E-state index contributed by atoms with van der Waals surface area (Å²) in [4.78, 5) is 29.4. The molecule has 2 atom stereocenters. The van der Waals surface area contributed by atoms with Crippen LogP contribution in [0.2, 0.25) is 0 Å². The molecule has 2 aliphatic rings. The van der Waals surface area contributed by atoms with E-state index in [2.05, 4.69) is 12.2 Å². The number of nitrogens with zero attached hydrogens (tertiary/aromatic N) is 2. The molecule has 3 aromatic rings. The molecule has 1 aliphatic heterocycles. The number of fused-ring (bicyclic) bond motifs is 4. The van der Waals surface area contributed by atoms with Gasteiger partial charge in [-0.15, -0.1) is 0 Å². The average Bonchev–Trinajstić information content (AvgIpc) is 3.21. The van der Waals surface area contributed by atoms with E-state index in [0.29, 0.717) is 47.5 Å². The van der Waals surface area contributed by atoms with Crippen LogP contribution < -0.4 is 10.9 Å². The first kappa shape index (κ1) is 23.6. The minimum Gasteiger partial charge on any atom is -0.463 e. The molecule has 1 aromatic carbocycles. The minimum absolute atomic E-state index is 0.0673. The maximum Gasteiger partial charge on any atom is 0.293 e. The number of hydrogen-bond donors (Lipinski definition) is 2. The summed E-state index contributed by atoms with van der Waals surface area (Å²) in [5.74, 6) is -0.279. The van der Waals surface area contributed by atoms with E-state index >= 15 is 0 Å². The number of rotatable bonds is 7. The molecule has 184 valence electrons. The Morgan fingerprint density at radius 2 is 2.11 bits per heavy atom. The van der Waals surface area contributed by atoms with Crippen LogP contribution >= 0.6 is 0 Å². The van der Waals surface area contributed by atoms with Crippen molar-refractivity contribution in [2.45, 2.75) is 71.8 Å². The first-order valence-electron chi connectivity index (χ1n) is 12.2. The fourth-order valence-electron chi connectivity index (χ4n) is 5.72. The van der Waals surface area contributed by atoms with Gasteiger partial charge in [0.15, 0.2) is 0 Å². The molecule has 0 fully saturated rings. The van der Waals surface area contributed by atoms with E-state index in [0.717, 1.165) is 41.5 Å². The molecular formula is C27H30FN3O4. The summed E-state index contributed by atoms with van der Waals surface area (Å²) in [7, 11) is 0. The Labute approximate surface area is 202 Å². The Balaban J connectivity index is 1.84. The van der Waals surface area contributed by atoms with Crippen molar-refractivity contribution in [1.82, 2.24) is 14.9 Å². The van der Waals surface area contributed by atoms with E-state index < -0.39 is 5.60 Å². The van der Waals surface area contributed by atoms with Crippen LogP contribution in [0.1, 0.15) is 73.0 Å². The number of aliphatic hydroxyl groups is 1. The predicted molar refractivity (Wildman–Crippen MR) is 131 cm³/mol. The Hall–Kier alpha value is -3.10. The van der Waals surface area contributed by atoms with Gasteiger partial charge in [-0.1, -0.05) is 13.8 Å². The Morgan fingerprint density at radius 3 is 2.80 bits per heavy atom. The first-order valence-corrected chi connectivity index (χ1v) is 12.2. The lowest BCUT2D eigenvalue weighted by Crippen LogP contribution is -2.31. The second-order valence-corrected chi connectivity index (χ2v) is 9.71. The molecule has 2 unspecified atom stereocenters. The van der Waals surface area contributed by atoms with Crippen molar-refractivity contribution in [1.29, 1.82) is 0 Å². The largest absolute Gasteiger partial charge is 0.463 e. The molecule has 0 bridgehead atoms. The van der Waals surface area contributed by atoms with Gasteiger partial charge in [-0.25, -0.2) is 9.37 Å². The van der Waals surface area contributed by atoms with E-state index in [1.54, 1.807) is 17.6 Å². The molecule has 0 saturated heterocycles. The predicted octanol–water partition coefficient (Wildman–Crippen LogP) is 3.76. The SMILES string of the molecule is CCNC1CCc2c(C)c(F)cc3nc4c(c1c23)Cn1c-4cc(C(C)(O)CC)c(COC=O)c1=O. The van der Waals surface area contributed by atoms with Crippen molar-refractivity contribution < 1.29 is 19.0 Å². The smallest absolute Gasteiger partial charge is 0.293 e. The van der Waals surface area contributed by atoms with Crippen LogP contribution in [0.25, 0.3) is 22.3 Å². The number of pyridine rings is 2. The summed E-state index contributed by atoms with van der Waals surface area (Å²) < 4.78 is 21.4. The zero-order valence-corrected chi connectivity index (χ0v) is 20.5. The van der Waals surface area contributed by atoms with Gasteiger partial charge in [0.2, 0.25) is 0 Å². The maximum atomic E-state index is 14.9. The monoisotopic (exact) mass is 479 g/mol. The fraction of sp³-hybridized carbons (Fsp3) is 0.444. The van der Waals surface area contributed by atoms with Gasteiger partial charge < -0.3 is 19.7 Å². The van der Waals surface area contributed by atoms with Crippen LogP contribution in [-0.2, 0) is 34.7 Å². The Bertz CT molecular complexity index is 1430. The molecule has 2 aromatic heterocycles. The topological polar surface area (TPSA) is 93.4 Å². The molecule has 5 rings (SSSR count). The Morgan fingerprint density at radius 1 is 1.34 bits per heavy atom. The van der Waals surface area contributed by atoms with Gasteiger partial charge in [0.25, 0.3) is 12.0 Å². The van der Waals surface area contributed by atoms with Crippen LogP contribution in [0, 0.1) is 12.7 Å². The normalized spacial score (nSPS) is 17.7. The minimum atomic E-state index is -1.30. The second-order valence-electron chi connectivity index (χ2n) is 9.71. The number of aromatic nitrogens is 2. The van der Waals surface area contributed by atoms with Gasteiger partial charge >= 0.3 is 0 Å². The number of ether oxygens (including phenoxy) is 1. The van der Waals surface area contributed by atoms with Crippen LogP contribution in [0.5, 0.6) is 0 Å². The van der Waals surface area contributed by atoms with Crippen molar-refractivity contribution in [2.24, 2.45) is 0 Å². The highest BCUT2D eigenvalue weighted by Crippen LogP contribution is 2.45. The van der Waals surface area contributed by atoms with E-state index in [1.165, 1.54) is 6.07 Å². The lowest BCUT2D eigenvalue weighted by atomic mass is 9.81. The molecular weight excluding hydrogens is 449 g/mol. The third kappa shape index (κ3) is 3.50. The van der Waals surface area contributed by atoms with Gasteiger partial charge in [-0.2, -0.15) is 0 Å². The summed E-state index contributed by atoms with van der Waals surface area (Å²) in [6, 6.07) is 3.34. The highest BCUT2D eigenvalue weighted by atomic mass is 19.1. The van der Waals surface area contributed by atoms with E-state index in [4.69, 9.17) is 9.72 Å². The van der Waals surface area contributed by atoms with Crippen LogP contribution in [0.4, 0.5) is 4.39 Å². The third-order valence-electron chi connectivity index (χ3n) is 7.75.